The first-order valence-electron chi connectivity index (χ1n) is 11.6. The lowest BCUT2D eigenvalue weighted by atomic mass is 10.1. The molecule has 7 nitrogen and oxygen atoms in total. The third-order valence-electron chi connectivity index (χ3n) is 6.88. The number of rotatable bonds is 4. The topological polar surface area (TPSA) is 59.5 Å². The van der Waals surface area contributed by atoms with Crippen molar-refractivity contribution in [3.05, 3.63) is 63.6 Å². The van der Waals surface area contributed by atoms with Crippen LogP contribution in [-0.2, 0) is 17.8 Å². The maximum atomic E-state index is 13.7. The van der Waals surface area contributed by atoms with Crippen molar-refractivity contribution < 1.29 is 9.59 Å². The highest BCUT2D eigenvalue weighted by Crippen LogP contribution is 2.34. The van der Waals surface area contributed by atoms with Gasteiger partial charge in [0.25, 0.3) is 5.91 Å². The quantitative estimate of drug-likeness (QED) is 0.615. The molecule has 0 bridgehead atoms. The van der Waals surface area contributed by atoms with Gasteiger partial charge in [0.15, 0.2) is 12.2 Å². The Labute approximate surface area is 209 Å². The van der Waals surface area contributed by atoms with E-state index in [2.05, 4.69) is 41.0 Å². The molecule has 2 atom stereocenters. The van der Waals surface area contributed by atoms with Crippen molar-refractivity contribution >= 4 is 46.8 Å². The van der Waals surface area contributed by atoms with Crippen LogP contribution < -0.4 is 4.90 Å². The fourth-order valence-electron chi connectivity index (χ4n) is 4.92. The number of carbonyl (C=O) groups is 2. The van der Waals surface area contributed by atoms with Crippen LogP contribution in [0, 0.1) is 0 Å². The van der Waals surface area contributed by atoms with Gasteiger partial charge in [-0.05, 0) is 49.1 Å². The second-order valence-electron chi connectivity index (χ2n) is 8.88. The van der Waals surface area contributed by atoms with E-state index in [0.717, 1.165) is 37.5 Å². The number of hydrogen-bond acceptors (Lipinski definition) is 5. The molecule has 2 fully saturated rings. The SMILES string of the molecule is CCc1ccc(N2CCCCN3C2=NC2C3C(=O)N(Cc3c(Cl)cccc3Cl)C(=O)N2C)cc1. The number of benzene rings is 2. The molecule has 3 heterocycles. The average Bonchev–Trinajstić information content (AvgIpc) is 3.09. The van der Waals surface area contributed by atoms with Crippen LogP contribution in [0.2, 0.25) is 10.0 Å². The summed E-state index contributed by atoms with van der Waals surface area (Å²) in [4.78, 5) is 39.0. The zero-order chi connectivity index (χ0) is 24.0. The Morgan fingerprint density at radius 3 is 2.35 bits per heavy atom. The fraction of sp³-hybridized carbons (Fsp3) is 0.400. The van der Waals surface area contributed by atoms with Crippen LogP contribution in [0.5, 0.6) is 0 Å². The van der Waals surface area contributed by atoms with Crippen molar-refractivity contribution in [3.63, 3.8) is 0 Å². The van der Waals surface area contributed by atoms with Gasteiger partial charge in [-0.1, -0.05) is 48.3 Å². The van der Waals surface area contributed by atoms with E-state index in [-0.39, 0.29) is 12.5 Å². The molecule has 0 saturated carbocycles. The van der Waals surface area contributed by atoms with E-state index in [0.29, 0.717) is 22.2 Å². The van der Waals surface area contributed by atoms with E-state index in [1.807, 2.05) is 0 Å². The Kier molecular flexibility index (Phi) is 6.16. The lowest BCUT2D eigenvalue weighted by Gasteiger charge is -2.41. The van der Waals surface area contributed by atoms with Crippen molar-refractivity contribution in [1.29, 1.82) is 0 Å². The maximum Gasteiger partial charge on any atom is 0.328 e. The molecule has 2 aromatic carbocycles. The molecular formula is C25H27Cl2N5O2. The van der Waals surface area contributed by atoms with Gasteiger partial charge in [0, 0.05) is 41.4 Å². The smallest absolute Gasteiger partial charge is 0.327 e. The van der Waals surface area contributed by atoms with Gasteiger partial charge in [-0.2, -0.15) is 0 Å². The van der Waals surface area contributed by atoms with Crippen LogP contribution in [0.15, 0.2) is 47.5 Å². The first-order chi connectivity index (χ1) is 16.4. The highest BCUT2D eigenvalue weighted by Gasteiger charge is 2.53. The van der Waals surface area contributed by atoms with Crippen LogP contribution in [0.1, 0.15) is 30.9 Å². The zero-order valence-corrected chi connectivity index (χ0v) is 20.8. The third kappa shape index (κ3) is 3.81. The molecule has 178 valence electrons. The van der Waals surface area contributed by atoms with Crippen LogP contribution in [0.4, 0.5) is 10.5 Å². The monoisotopic (exact) mass is 499 g/mol. The molecule has 3 aliphatic rings. The van der Waals surface area contributed by atoms with E-state index < -0.39 is 18.2 Å². The average molecular weight is 500 g/mol. The number of nitrogens with zero attached hydrogens (tertiary/aromatic N) is 5. The number of guanidine groups is 1. The van der Waals surface area contributed by atoms with Gasteiger partial charge in [0.2, 0.25) is 5.96 Å². The van der Waals surface area contributed by atoms with Crippen LogP contribution >= 0.6 is 23.2 Å². The minimum atomic E-state index is -0.575. The van der Waals surface area contributed by atoms with Crippen LogP contribution in [0.25, 0.3) is 0 Å². The largest absolute Gasteiger partial charge is 0.328 e. The van der Waals surface area contributed by atoms with E-state index in [9.17, 15) is 9.59 Å². The van der Waals surface area contributed by atoms with Gasteiger partial charge < -0.3 is 14.7 Å². The number of aliphatic imine (C=N–C) groups is 1. The molecule has 0 aromatic heterocycles. The number of aryl methyl sites for hydroxylation is 1. The summed E-state index contributed by atoms with van der Waals surface area (Å²) < 4.78 is 0. The Hall–Kier alpha value is -2.77. The Morgan fingerprint density at radius 2 is 1.68 bits per heavy atom. The molecule has 0 spiro atoms. The first-order valence-corrected chi connectivity index (χ1v) is 12.4. The van der Waals surface area contributed by atoms with E-state index in [1.165, 1.54) is 10.5 Å². The zero-order valence-electron chi connectivity index (χ0n) is 19.2. The van der Waals surface area contributed by atoms with E-state index >= 15 is 0 Å². The summed E-state index contributed by atoms with van der Waals surface area (Å²) in [7, 11) is 1.70. The van der Waals surface area contributed by atoms with Gasteiger partial charge in [-0.15, -0.1) is 0 Å². The lowest BCUT2D eigenvalue weighted by Crippen LogP contribution is -2.65. The minimum Gasteiger partial charge on any atom is -0.327 e. The fourth-order valence-corrected chi connectivity index (χ4v) is 5.44. The molecule has 2 saturated heterocycles. The predicted octanol–water partition coefficient (Wildman–Crippen LogP) is 4.62. The molecule has 9 heteroatoms. The number of urea groups is 1. The van der Waals surface area contributed by atoms with Crippen molar-refractivity contribution in [2.24, 2.45) is 4.99 Å². The summed E-state index contributed by atoms with van der Waals surface area (Å²) >= 11 is 12.7. The van der Waals surface area contributed by atoms with Crippen LogP contribution in [-0.4, -0.2) is 64.9 Å². The summed E-state index contributed by atoms with van der Waals surface area (Å²) in [5.41, 5.74) is 2.88. The number of fused-ring (bicyclic) bond motifs is 3. The van der Waals surface area contributed by atoms with Crippen molar-refractivity contribution in [3.8, 4) is 0 Å². The number of imide groups is 1. The summed E-state index contributed by atoms with van der Waals surface area (Å²) in [5.74, 6) is 0.480. The molecule has 3 aliphatic heterocycles. The van der Waals surface area contributed by atoms with Crippen LogP contribution in [0.3, 0.4) is 0 Å². The molecule has 0 N–H and O–H groups in total. The first kappa shape index (κ1) is 23.0. The molecule has 34 heavy (non-hydrogen) atoms. The summed E-state index contributed by atoms with van der Waals surface area (Å²) in [6.07, 6.45) is 2.34. The summed E-state index contributed by atoms with van der Waals surface area (Å²) in [6, 6.07) is 12.7. The normalized spacial score (nSPS) is 22.5. The van der Waals surface area contributed by atoms with Crippen molar-refractivity contribution in [2.75, 3.05) is 25.0 Å². The van der Waals surface area contributed by atoms with E-state index in [1.54, 1.807) is 30.1 Å². The number of carbonyl (C=O) groups excluding carboxylic acids is 2. The number of hydrogen-bond donors (Lipinski definition) is 0. The molecule has 0 aliphatic carbocycles. The molecule has 0 radical (unpaired) electrons. The van der Waals surface area contributed by atoms with Gasteiger partial charge >= 0.3 is 6.03 Å². The predicted molar refractivity (Wildman–Crippen MR) is 134 cm³/mol. The minimum absolute atomic E-state index is 0.0229. The highest BCUT2D eigenvalue weighted by molar-refractivity contribution is 6.36. The number of likely N-dealkylation sites (N-methyl/N-ethyl adjacent to an activating group) is 1. The standard InChI is InChI=1S/C25H27Cl2N5O2/c1-3-16-9-11-17(12-10-16)30-13-4-5-14-31-21-22(28-24(30)31)29(2)25(34)32(23(21)33)15-18-19(26)7-6-8-20(18)27/h6-12,21-22H,3-5,13-15H2,1-2H3. The summed E-state index contributed by atoms with van der Waals surface area (Å²) in [5, 5.41) is 0.857. The molecule has 2 unspecified atom stereocenters. The highest BCUT2D eigenvalue weighted by atomic mass is 35.5. The van der Waals surface area contributed by atoms with Gasteiger partial charge in [-0.25, -0.2) is 9.79 Å². The lowest BCUT2D eigenvalue weighted by molar-refractivity contribution is -0.138. The van der Waals surface area contributed by atoms with E-state index in [4.69, 9.17) is 28.2 Å². The second-order valence-corrected chi connectivity index (χ2v) is 9.69. The number of halogens is 2. The third-order valence-corrected chi connectivity index (χ3v) is 7.59. The number of amides is 3. The Morgan fingerprint density at radius 1 is 1.00 bits per heavy atom. The van der Waals surface area contributed by atoms with Gasteiger partial charge in [0.05, 0.1) is 6.54 Å². The number of anilines is 1. The molecule has 5 rings (SSSR count). The summed E-state index contributed by atoms with van der Waals surface area (Å²) in [6.45, 7) is 3.67. The molecular weight excluding hydrogens is 473 g/mol. The van der Waals surface area contributed by atoms with Crippen molar-refractivity contribution in [1.82, 2.24) is 14.7 Å². The second kappa shape index (κ2) is 9.12. The molecule has 3 amide bonds. The maximum absolute atomic E-state index is 13.7. The van der Waals surface area contributed by atoms with Gasteiger partial charge in [0.1, 0.15) is 0 Å². The van der Waals surface area contributed by atoms with Crippen molar-refractivity contribution in [2.45, 2.75) is 44.9 Å². The van der Waals surface area contributed by atoms with Gasteiger partial charge in [-0.3, -0.25) is 9.69 Å². The Balaban J connectivity index is 1.48. The Bertz CT molecular complexity index is 1130. The molecule has 2 aromatic rings.